The van der Waals surface area contributed by atoms with Gasteiger partial charge in [0.25, 0.3) is 10.0 Å². The summed E-state index contributed by atoms with van der Waals surface area (Å²) in [5.74, 6) is 0.0322. The van der Waals surface area contributed by atoms with E-state index in [1.807, 2.05) is 0 Å². The first-order chi connectivity index (χ1) is 13.0. The number of aromatic amines is 1. The van der Waals surface area contributed by atoms with Gasteiger partial charge in [-0.15, -0.1) is 5.10 Å². The molecular formula is C17H13N5O3S2. The quantitative estimate of drug-likeness (QED) is 0.441. The molecule has 27 heavy (non-hydrogen) atoms. The molecule has 0 aliphatic carbocycles. The van der Waals surface area contributed by atoms with Gasteiger partial charge in [0.05, 0.1) is 10.6 Å². The van der Waals surface area contributed by atoms with Gasteiger partial charge in [0.15, 0.2) is 0 Å². The van der Waals surface area contributed by atoms with Crippen LogP contribution in [0.3, 0.4) is 0 Å². The summed E-state index contributed by atoms with van der Waals surface area (Å²) in [7, 11) is -3.84. The summed E-state index contributed by atoms with van der Waals surface area (Å²) < 4.78 is 28.0. The average Bonchev–Trinajstić information content (AvgIpc) is 3.19. The van der Waals surface area contributed by atoms with Crippen molar-refractivity contribution < 1.29 is 13.5 Å². The number of rotatable bonds is 5. The number of aromatic hydroxyl groups is 1. The number of hydrogen-bond acceptors (Lipinski definition) is 7. The van der Waals surface area contributed by atoms with Gasteiger partial charge in [0.2, 0.25) is 5.16 Å². The van der Waals surface area contributed by atoms with E-state index < -0.39 is 10.0 Å². The molecule has 3 N–H and O–H groups in total. The van der Waals surface area contributed by atoms with Gasteiger partial charge < -0.3 is 5.11 Å². The number of sulfonamides is 1. The number of H-pyrrole nitrogens is 1. The van der Waals surface area contributed by atoms with E-state index >= 15 is 0 Å². The lowest BCUT2D eigenvalue weighted by Gasteiger charge is -2.14. The van der Waals surface area contributed by atoms with Crippen molar-refractivity contribution in [3.63, 3.8) is 0 Å². The van der Waals surface area contributed by atoms with Crippen LogP contribution in [0.1, 0.15) is 0 Å². The van der Waals surface area contributed by atoms with Gasteiger partial charge in [-0.3, -0.25) is 14.8 Å². The van der Waals surface area contributed by atoms with Crippen molar-refractivity contribution in [1.29, 1.82) is 0 Å². The Hall–Kier alpha value is -3.11. The fourth-order valence-corrected chi connectivity index (χ4v) is 4.37. The largest absolute Gasteiger partial charge is 0.506 e. The molecule has 8 nitrogen and oxygen atoms in total. The minimum atomic E-state index is -3.84. The molecule has 0 saturated heterocycles. The van der Waals surface area contributed by atoms with Crippen LogP contribution in [-0.4, -0.2) is 33.7 Å². The van der Waals surface area contributed by atoms with Crippen LogP contribution in [0, 0.1) is 0 Å². The second-order valence-electron chi connectivity index (χ2n) is 5.49. The first-order valence-corrected chi connectivity index (χ1v) is 10.1. The second kappa shape index (κ2) is 6.89. The Balaban J connectivity index is 1.83. The summed E-state index contributed by atoms with van der Waals surface area (Å²) >= 11 is 1.12. The lowest BCUT2D eigenvalue weighted by molar-refractivity contribution is 0.469. The van der Waals surface area contributed by atoms with Gasteiger partial charge in [-0.1, -0.05) is 24.3 Å². The number of benzene rings is 2. The molecule has 4 rings (SSSR count). The predicted molar refractivity (Wildman–Crippen MR) is 101 cm³/mol. The number of nitrogens with one attached hydrogen (secondary N) is 2. The zero-order valence-electron chi connectivity index (χ0n) is 13.7. The second-order valence-corrected chi connectivity index (χ2v) is 8.19. The molecule has 0 fully saturated rings. The van der Waals surface area contributed by atoms with Crippen LogP contribution in [0.2, 0.25) is 0 Å². The Labute approximate surface area is 158 Å². The highest BCUT2D eigenvalue weighted by atomic mass is 32.2. The highest BCUT2D eigenvalue weighted by molar-refractivity contribution is 7.99. The average molecular weight is 399 g/mol. The van der Waals surface area contributed by atoms with Gasteiger partial charge in [-0.05, 0) is 30.0 Å². The fourth-order valence-electron chi connectivity index (χ4n) is 2.55. The van der Waals surface area contributed by atoms with Crippen LogP contribution in [0.15, 0.2) is 76.1 Å². The van der Waals surface area contributed by atoms with E-state index in [0.29, 0.717) is 26.5 Å². The number of hydrogen-bond donors (Lipinski definition) is 3. The molecular weight excluding hydrogens is 386 g/mol. The highest BCUT2D eigenvalue weighted by Crippen LogP contribution is 2.42. The number of nitrogens with zero attached hydrogens (tertiary/aromatic N) is 3. The van der Waals surface area contributed by atoms with Gasteiger partial charge in [-0.25, -0.2) is 13.4 Å². The van der Waals surface area contributed by atoms with Crippen molar-refractivity contribution >= 4 is 38.2 Å². The maximum absolute atomic E-state index is 12.7. The topological polar surface area (TPSA) is 121 Å². The van der Waals surface area contributed by atoms with Gasteiger partial charge in [-0.2, -0.15) is 0 Å². The molecule has 0 bridgehead atoms. The summed E-state index contributed by atoms with van der Waals surface area (Å²) in [6, 6.07) is 11.6. The number of phenols is 1. The van der Waals surface area contributed by atoms with E-state index in [1.165, 1.54) is 24.8 Å². The maximum atomic E-state index is 12.7. The molecule has 0 aliphatic rings. The van der Waals surface area contributed by atoms with E-state index in [1.54, 1.807) is 36.4 Å². The molecule has 10 heteroatoms. The molecule has 0 atom stereocenters. The summed E-state index contributed by atoms with van der Waals surface area (Å²) in [6.07, 6.45) is 4.20. The molecule has 2 aromatic carbocycles. The van der Waals surface area contributed by atoms with Crippen molar-refractivity contribution in [2.75, 3.05) is 4.72 Å². The molecule has 0 unspecified atom stereocenters. The molecule has 136 valence electrons. The Morgan fingerprint density at radius 3 is 2.63 bits per heavy atom. The van der Waals surface area contributed by atoms with Crippen LogP contribution in [-0.2, 0) is 10.0 Å². The van der Waals surface area contributed by atoms with Crippen LogP contribution in [0.5, 0.6) is 5.75 Å². The zero-order valence-corrected chi connectivity index (χ0v) is 15.3. The molecule has 4 aromatic rings. The third-order valence-corrected chi connectivity index (χ3v) is 6.03. The zero-order chi connectivity index (χ0) is 18.9. The number of fused-ring (bicyclic) bond motifs is 1. The number of aromatic nitrogens is 4. The summed E-state index contributed by atoms with van der Waals surface area (Å²) in [5, 5.41) is 18.7. The minimum Gasteiger partial charge on any atom is -0.506 e. The van der Waals surface area contributed by atoms with E-state index in [9.17, 15) is 13.5 Å². The fraction of sp³-hybridized carbons (Fsp3) is 0. The number of anilines is 1. The van der Waals surface area contributed by atoms with Crippen molar-refractivity contribution in [3.8, 4) is 5.75 Å². The molecule has 0 amide bonds. The standard InChI is InChI=1S/C17H13N5O3S2/c23-16-13-6-2-1-5-12(13)14(8-15(16)26-17-19-10-20-21-17)22-27(24,25)11-4-3-7-18-9-11/h1-10,22-23H,(H,19,20,21). The van der Waals surface area contributed by atoms with Crippen LogP contribution < -0.4 is 4.72 Å². The monoisotopic (exact) mass is 399 g/mol. The Bertz CT molecular complexity index is 1200. The number of pyridine rings is 1. The lowest BCUT2D eigenvalue weighted by Crippen LogP contribution is -2.13. The van der Waals surface area contributed by atoms with Gasteiger partial charge >= 0.3 is 0 Å². The SMILES string of the molecule is O=S(=O)(Nc1cc(Sc2nc[nH]n2)c(O)c2ccccc12)c1cccnc1. The van der Waals surface area contributed by atoms with Crippen molar-refractivity contribution in [1.82, 2.24) is 20.2 Å². The van der Waals surface area contributed by atoms with Crippen LogP contribution in [0.25, 0.3) is 10.8 Å². The first kappa shape index (κ1) is 17.3. The first-order valence-electron chi connectivity index (χ1n) is 7.76. The number of phenolic OH excluding ortho intramolecular Hbond substituents is 1. The van der Waals surface area contributed by atoms with Crippen LogP contribution >= 0.6 is 11.8 Å². The maximum Gasteiger partial charge on any atom is 0.263 e. The normalized spacial score (nSPS) is 11.6. The van der Waals surface area contributed by atoms with Gasteiger partial charge in [0, 0.05) is 23.2 Å². The highest BCUT2D eigenvalue weighted by Gasteiger charge is 2.19. The van der Waals surface area contributed by atoms with Crippen molar-refractivity contribution in [2.24, 2.45) is 0 Å². The molecule has 0 saturated carbocycles. The summed E-state index contributed by atoms with van der Waals surface area (Å²) in [4.78, 5) is 8.35. The van der Waals surface area contributed by atoms with E-state index in [2.05, 4.69) is 24.9 Å². The summed E-state index contributed by atoms with van der Waals surface area (Å²) in [6.45, 7) is 0. The van der Waals surface area contributed by atoms with Crippen molar-refractivity contribution in [3.05, 3.63) is 61.2 Å². The predicted octanol–water partition coefficient (Wildman–Crippen LogP) is 3.01. The van der Waals surface area contributed by atoms with Crippen molar-refractivity contribution in [2.45, 2.75) is 14.9 Å². The summed E-state index contributed by atoms with van der Waals surface area (Å²) in [5.41, 5.74) is 0.338. The van der Waals surface area contributed by atoms with E-state index in [4.69, 9.17) is 0 Å². The Morgan fingerprint density at radius 1 is 1.11 bits per heavy atom. The third-order valence-electron chi connectivity index (χ3n) is 3.76. The molecule has 0 spiro atoms. The molecule has 0 aliphatic heterocycles. The molecule has 2 heterocycles. The molecule has 2 aromatic heterocycles. The molecule has 0 radical (unpaired) electrons. The van der Waals surface area contributed by atoms with Crippen LogP contribution in [0.4, 0.5) is 5.69 Å². The third kappa shape index (κ3) is 3.44. The minimum absolute atomic E-state index is 0.0322. The Morgan fingerprint density at radius 2 is 1.93 bits per heavy atom. The van der Waals surface area contributed by atoms with E-state index in [-0.39, 0.29) is 10.6 Å². The Kier molecular flexibility index (Phi) is 4.42. The van der Waals surface area contributed by atoms with E-state index in [0.717, 1.165) is 11.8 Å². The van der Waals surface area contributed by atoms with Gasteiger partial charge in [0.1, 0.15) is 17.0 Å². The smallest absolute Gasteiger partial charge is 0.263 e. The lowest BCUT2D eigenvalue weighted by atomic mass is 10.1.